The molecule has 2 aromatic carbocycles. The number of rotatable bonds is 11. The van der Waals surface area contributed by atoms with E-state index in [-0.39, 0.29) is 18.5 Å². The molecule has 0 radical (unpaired) electrons. The summed E-state index contributed by atoms with van der Waals surface area (Å²) in [5, 5.41) is 3.36. The van der Waals surface area contributed by atoms with Crippen molar-refractivity contribution in [2.75, 3.05) is 24.2 Å². The molecule has 0 aliphatic rings. The third kappa shape index (κ3) is 7.86. The number of nitrogens with zero attached hydrogens (tertiary/aromatic N) is 2. The van der Waals surface area contributed by atoms with Gasteiger partial charge in [-0.3, -0.25) is 13.9 Å². The number of hydrogen-bond donors (Lipinski definition) is 1. The van der Waals surface area contributed by atoms with E-state index in [1.807, 2.05) is 13.8 Å². The lowest BCUT2D eigenvalue weighted by Gasteiger charge is -2.32. The van der Waals surface area contributed by atoms with Crippen molar-refractivity contribution in [3.63, 3.8) is 0 Å². The number of nitrogens with one attached hydrogen (secondary N) is 1. The van der Waals surface area contributed by atoms with Crippen LogP contribution >= 0.6 is 11.6 Å². The highest BCUT2D eigenvalue weighted by atomic mass is 35.5. The van der Waals surface area contributed by atoms with Gasteiger partial charge in [0, 0.05) is 17.6 Å². The number of sulfonamides is 1. The first-order valence-corrected chi connectivity index (χ1v) is 13.6. The van der Waals surface area contributed by atoms with Crippen LogP contribution in [0, 0.1) is 6.92 Å². The van der Waals surface area contributed by atoms with Gasteiger partial charge in [0.1, 0.15) is 18.3 Å². The summed E-state index contributed by atoms with van der Waals surface area (Å²) in [7, 11) is -2.25. The second-order valence-corrected chi connectivity index (χ2v) is 10.9. The SMILES string of the molecule is CC[C@@H](C)NC(=O)[C@@H](C)N(Cc1ccc(OC)cc1)C(=O)CN(c1ccc(Cl)cc1C)S(C)(=O)=O. The van der Waals surface area contributed by atoms with Crippen molar-refractivity contribution in [2.24, 2.45) is 0 Å². The fourth-order valence-corrected chi connectivity index (χ4v) is 4.60. The molecule has 8 nitrogen and oxygen atoms in total. The van der Waals surface area contributed by atoms with E-state index >= 15 is 0 Å². The highest BCUT2D eigenvalue weighted by molar-refractivity contribution is 7.92. The minimum absolute atomic E-state index is 0.0628. The summed E-state index contributed by atoms with van der Waals surface area (Å²) < 4.78 is 31.6. The lowest BCUT2D eigenvalue weighted by Crippen LogP contribution is -2.52. The third-order valence-electron chi connectivity index (χ3n) is 5.79. The Labute approximate surface area is 213 Å². The maximum absolute atomic E-state index is 13.6. The van der Waals surface area contributed by atoms with Gasteiger partial charge in [0.15, 0.2) is 0 Å². The van der Waals surface area contributed by atoms with Crippen LogP contribution in [0.1, 0.15) is 38.3 Å². The molecule has 0 fully saturated rings. The first-order chi connectivity index (χ1) is 16.4. The van der Waals surface area contributed by atoms with Crippen LogP contribution in [0.15, 0.2) is 42.5 Å². The minimum atomic E-state index is -3.81. The van der Waals surface area contributed by atoms with Gasteiger partial charge in [-0.05, 0) is 68.7 Å². The van der Waals surface area contributed by atoms with E-state index in [0.29, 0.717) is 22.0 Å². The van der Waals surface area contributed by atoms with Crippen molar-refractivity contribution in [1.82, 2.24) is 10.2 Å². The fourth-order valence-electron chi connectivity index (χ4n) is 3.47. The lowest BCUT2D eigenvalue weighted by atomic mass is 10.1. The summed E-state index contributed by atoms with van der Waals surface area (Å²) in [6.07, 6.45) is 1.78. The largest absolute Gasteiger partial charge is 0.497 e. The van der Waals surface area contributed by atoms with E-state index in [2.05, 4.69) is 5.32 Å². The van der Waals surface area contributed by atoms with Crippen LogP contribution < -0.4 is 14.4 Å². The number of benzene rings is 2. The van der Waals surface area contributed by atoms with E-state index in [9.17, 15) is 18.0 Å². The summed E-state index contributed by atoms with van der Waals surface area (Å²) in [6, 6.07) is 11.0. The molecule has 0 aliphatic heterocycles. The van der Waals surface area contributed by atoms with Crippen LogP contribution in [0.5, 0.6) is 5.75 Å². The quantitative estimate of drug-likeness (QED) is 0.484. The average molecular weight is 524 g/mol. The van der Waals surface area contributed by atoms with Gasteiger partial charge in [0.05, 0.1) is 19.1 Å². The smallest absolute Gasteiger partial charge is 0.244 e. The zero-order valence-corrected chi connectivity index (χ0v) is 22.6. The van der Waals surface area contributed by atoms with E-state index in [1.165, 1.54) is 4.90 Å². The van der Waals surface area contributed by atoms with Crippen molar-refractivity contribution < 1.29 is 22.7 Å². The van der Waals surface area contributed by atoms with Gasteiger partial charge in [0.2, 0.25) is 21.8 Å². The number of anilines is 1. The van der Waals surface area contributed by atoms with Crippen molar-refractivity contribution in [3.05, 3.63) is 58.6 Å². The molecule has 192 valence electrons. The molecule has 35 heavy (non-hydrogen) atoms. The van der Waals surface area contributed by atoms with Crippen LogP contribution in [-0.2, 0) is 26.2 Å². The fraction of sp³-hybridized carbons (Fsp3) is 0.440. The van der Waals surface area contributed by atoms with Crippen molar-refractivity contribution in [2.45, 2.75) is 52.7 Å². The van der Waals surface area contributed by atoms with Crippen LogP contribution in [0.2, 0.25) is 5.02 Å². The zero-order valence-electron chi connectivity index (χ0n) is 21.0. The third-order valence-corrected chi connectivity index (χ3v) is 7.15. The Balaban J connectivity index is 2.41. The van der Waals surface area contributed by atoms with Crippen molar-refractivity contribution in [3.8, 4) is 5.75 Å². The highest BCUT2D eigenvalue weighted by Gasteiger charge is 2.31. The van der Waals surface area contributed by atoms with E-state index in [0.717, 1.165) is 22.5 Å². The number of carbonyl (C=O) groups excluding carboxylic acids is 2. The Morgan fingerprint density at radius 3 is 2.26 bits per heavy atom. The molecule has 0 spiro atoms. The predicted octanol–water partition coefficient (Wildman–Crippen LogP) is 3.76. The topological polar surface area (TPSA) is 96.0 Å². The van der Waals surface area contributed by atoms with E-state index in [4.69, 9.17) is 16.3 Å². The maximum atomic E-state index is 13.6. The molecular weight excluding hydrogens is 490 g/mol. The number of halogens is 1. The first-order valence-electron chi connectivity index (χ1n) is 11.3. The summed E-state index contributed by atoms with van der Waals surface area (Å²) in [5.41, 5.74) is 1.74. The Bertz CT molecular complexity index is 1140. The summed E-state index contributed by atoms with van der Waals surface area (Å²) in [6.45, 7) is 6.86. The van der Waals surface area contributed by atoms with E-state index in [1.54, 1.807) is 63.4 Å². The van der Waals surface area contributed by atoms with Gasteiger partial charge >= 0.3 is 0 Å². The van der Waals surface area contributed by atoms with Gasteiger partial charge in [-0.1, -0.05) is 30.7 Å². The highest BCUT2D eigenvalue weighted by Crippen LogP contribution is 2.26. The van der Waals surface area contributed by atoms with Crippen LogP contribution in [0.3, 0.4) is 0 Å². The van der Waals surface area contributed by atoms with Crippen molar-refractivity contribution in [1.29, 1.82) is 0 Å². The van der Waals surface area contributed by atoms with Crippen LogP contribution in [0.25, 0.3) is 0 Å². The van der Waals surface area contributed by atoms with Crippen LogP contribution in [0.4, 0.5) is 5.69 Å². The summed E-state index contributed by atoms with van der Waals surface area (Å²) in [4.78, 5) is 27.9. The molecule has 2 rings (SSSR count). The monoisotopic (exact) mass is 523 g/mol. The van der Waals surface area contributed by atoms with Gasteiger partial charge in [0.25, 0.3) is 0 Å². The second kappa shape index (κ2) is 12.3. The Morgan fingerprint density at radius 2 is 1.74 bits per heavy atom. The molecule has 2 amide bonds. The zero-order chi connectivity index (χ0) is 26.3. The van der Waals surface area contributed by atoms with Crippen LogP contribution in [-0.4, -0.2) is 57.1 Å². The van der Waals surface area contributed by atoms with Gasteiger partial charge < -0.3 is 15.0 Å². The Kier molecular flexibility index (Phi) is 9.97. The molecule has 0 bridgehead atoms. The molecule has 10 heteroatoms. The Morgan fingerprint density at radius 1 is 1.11 bits per heavy atom. The summed E-state index contributed by atoms with van der Waals surface area (Å²) >= 11 is 6.04. The number of methoxy groups -OCH3 is 1. The maximum Gasteiger partial charge on any atom is 0.244 e. The average Bonchev–Trinajstić information content (AvgIpc) is 2.80. The van der Waals surface area contributed by atoms with Gasteiger partial charge in [-0.2, -0.15) is 0 Å². The second-order valence-electron chi connectivity index (χ2n) is 8.56. The molecule has 0 saturated heterocycles. The lowest BCUT2D eigenvalue weighted by molar-refractivity contribution is -0.139. The molecule has 0 heterocycles. The van der Waals surface area contributed by atoms with Crippen molar-refractivity contribution >= 4 is 39.1 Å². The summed E-state index contributed by atoms with van der Waals surface area (Å²) in [5.74, 6) is -0.155. The number of carbonyl (C=O) groups is 2. The minimum Gasteiger partial charge on any atom is -0.497 e. The first kappa shape index (κ1) is 28.5. The van der Waals surface area contributed by atoms with Gasteiger partial charge in [-0.25, -0.2) is 8.42 Å². The standard InChI is InChI=1S/C25H34ClN3O5S/c1-7-18(3)27-25(31)19(4)28(15-20-8-11-22(34-5)12-9-20)24(30)16-29(35(6,32)33)23-13-10-21(26)14-17(23)2/h8-14,18-19H,7,15-16H2,1-6H3,(H,27,31)/t18-,19-/m1/s1. The van der Waals surface area contributed by atoms with Gasteiger partial charge in [-0.15, -0.1) is 0 Å². The number of amides is 2. The molecule has 0 aromatic heterocycles. The predicted molar refractivity (Wildman–Crippen MR) is 139 cm³/mol. The number of aryl methyl sites for hydroxylation is 1. The normalized spacial score (nSPS) is 13.0. The molecular formula is C25H34ClN3O5S. The van der Waals surface area contributed by atoms with E-state index < -0.39 is 28.5 Å². The number of ether oxygens (including phenoxy) is 1. The Hall–Kier alpha value is -2.78. The molecule has 0 saturated carbocycles. The molecule has 1 N–H and O–H groups in total. The molecule has 0 aliphatic carbocycles. The molecule has 2 atom stereocenters. The number of hydrogen-bond acceptors (Lipinski definition) is 5. The molecule has 2 aromatic rings. The molecule has 0 unspecified atom stereocenters.